The second kappa shape index (κ2) is 9.12. The van der Waals surface area contributed by atoms with E-state index in [1.54, 1.807) is 19.1 Å². The first-order valence-corrected chi connectivity index (χ1v) is 10.0. The first-order chi connectivity index (χ1) is 13.9. The van der Waals surface area contributed by atoms with E-state index in [9.17, 15) is 17.6 Å². The summed E-state index contributed by atoms with van der Waals surface area (Å²) in [6.07, 6.45) is 3.51. The summed E-state index contributed by atoms with van der Waals surface area (Å²) in [5.41, 5.74) is 1.78. The molecule has 0 bridgehead atoms. The topological polar surface area (TPSA) is 9.23 Å². The smallest absolute Gasteiger partial charge is 0.274 e. The number of rotatable bonds is 6. The number of ether oxygens (including phenoxy) is 1. The molecule has 3 rings (SSSR count). The minimum atomic E-state index is -3.05. The van der Waals surface area contributed by atoms with Crippen molar-refractivity contribution in [1.29, 1.82) is 0 Å². The number of benzene rings is 2. The highest BCUT2D eigenvalue weighted by atomic mass is 19.3. The molecule has 1 aliphatic carbocycles. The summed E-state index contributed by atoms with van der Waals surface area (Å²) in [4.78, 5) is 0. The molecule has 2 atom stereocenters. The lowest BCUT2D eigenvalue weighted by Gasteiger charge is -2.36. The standard InChI is InChI=1S/C24H26F4O/c1-3-5-6-16-7-9-17(10-8-16)19-12-13-20(23(26)22(19)25)18-11-14-21(29-4-2)24(27,28)15-18/h3,5,7-10,12-13,18,21H,4,6,11,14-15H2,1-2H3/b5-3-. The summed E-state index contributed by atoms with van der Waals surface area (Å²) in [5.74, 6) is -5.80. The number of hydrogen-bond acceptors (Lipinski definition) is 1. The van der Waals surface area contributed by atoms with E-state index in [0.29, 0.717) is 12.0 Å². The Balaban J connectivity index is 1.83. The summed E-state index contributed by atoms with van der Waals surface area (Å²) in [7, 11) is 0. The van der Waals surface area contributed by atoms with Crippen LogP contribution in [0.3, 0.4) is 0 Å². The van der Waals surface area contributed by atoms with Crippen LogP contribution in [0.5, 0.6) is 0 Å². The molecule has 156 valence electrons. The van der Waals surface area contributed by atoms with E-state index in [4.69, 9.17) is 4.74 Å². The molecular weight excluding hydrogens is 380 g/mol. The van der Waals surface area contributed by atoms with Crippen LogP contribution in [0.2, 0.25) is 0 Å². The molecule has 29 heavy (non-hydrogen) atoms. The second-order valence-corrected chi connectivity index (χ2v) is 7.48. The molecule has 0 radical (unpaired) electrons. The Morgan fingerprint density at radius 2 is 1.76 bits per heavy atom. The van der Waals surface area contributed by atoms with Gasteiger partial charge in [-0.2, -0.15) is 0 Å². The SMILES string of the molecule is C/C=C\Cc1ccc(-c2ccc(C3CCC(OCC)C(F)(F)C3)c(F)c2F)cc1. The van der Waals surface area contributed by atoms with Gasteiger partial charge in [0.05, 0.1) is 0 Å². The van der Waals surface area contributed by atoms with E-state index in [1.807, 2.05) is 31.2 Å². The van der Waals surface area contributed by atoms with Crippen LogP contribution in [0.1, 0.15) is 50.2 Å². The minimum Gasteiger partial charge on any atom is -0.372 e. The van der Waals surface area contributed by atoms with Crippen LogP contribution in [0, 0.1) is 11.6 Å². The third-order valence-electron chi connectivity index (χ3n) is 5.54. The Bertz CT molecular complexity index is 858. The fraction of sp³-hybridized carbons (Fsp3) is 0.417. The Kier molecular flexibility index (Phi) is 6.78. The van der Waals surface area contributed by atoms with Crippen molar-refractivity contribution in [2.24, 2.45) is 0 Å². The number of allylic oxidation sites excluding steroid dienone is 2. The van der Waals surface area contributed by atoms with Gasteiger partial charge in [-0.1, -0.05) is 48.6 Å². The molecule has 0 heterocycles. The zero-order chi connectivity index (χ0) is 21.0. The molecule has 0 aromatic heterocycles. The molecule has 1 nitrogen and oxygen atoms in total. The van der Waals surface area contributed by atoms with Gasteiger partial charge in [0, 0.05) is 18.6 Å². The maximum absolute atomic E-state index is 14.8. The Hall–Kier alpha value is -2.14. The molecule has 0 amide bonds. The zero-order valence-corrected chi connectivity index (χ0v) is 16.7. The summed E-state index contributed by atoms with van der Waals surface area (Å²) in [6, 6.07) is 10.2. The lowest BCUT2D eigenvalue weighted by molar-refractivity contribution is -0.159. The van der Waals surface area contributed by atoms with Gasteiger partial charge >= 0.3 is 0 Å². The molecule has 2 aromatic carbocycles. The molecular formula is C24H26F4O. The number of hydrogen-bond donors (Lipinski definition) is 0. The van der Waals surface area contributed by atoms with Gasteiger partial charge in [-0.05, 0) is 55.7 Å². The first kappa shape index (κ1) is 21.6. The van der Waals surface area contributed by atoms with E-state index in [2.05, 4.69) is 0 Å². The Morgan fingerprint density at radius 1 is 1.03 bits per heavy atom. The zero-order valence-electron chi connectivity index (χ0n) is 16.7. The van der Waals surface area contributed by atoms with Gasteiger partial charge in [0.2, 0.25) is 0 Å². The summed E-state index contributed by atoms with van der Waals surface area (Å²) >= 11 is 0. The average Bonchev–Trinajstić information content (AvgIpc) is 2.70. The summed E-state index contributed by atoms with van der Waals surface area (Å²) < 4.78 is 63.4. The van der Waals surface area contributed by atoms with E-state index in [-0.39, 0.29) is 24.2 Å². The van der Waals surface area contributed by atoms with Gasteiger partial charge in [-0.3, -0.25) is 0 Å². The molecule has 0 N–H and O–H groups in total. The van der Waals surface area contributed by atoms with Crippen molar-refractivity contribution in [2.45, 2.75) is 57.5 Å². The molecule has 5 heteroatoms. The molecule has 0 saturated heterocycles. The maximum Gasteiger partial charge on any atom is 0.274 e. The van der Waals surface area contributed by atoms with E-state index in [1.165, 1.54) is 12.1 Å². The molecule has 1 aliphatic rings. The first-order valence-electron chi connectivity index (χ1n) is 10.0. The molecule has 1 saturated carbocycles. The highest BCUT2D eigenvalue weighted by Gasteiger charge is 2.46. The highest BCUT2D eigenvalue weighted by molar-refractivity contribution is 5.65. The predicted octanol–water partition coefficient (Wildman–Crippen LogP) is 7.06. The molecule has 1 fully saturated rings. The number of halogens is 4. The monoisotopic (exact) mass is 406 g/mol. The van der Waals surface area contributed by atoms with Crippen LogP contribution < -0.4 is 0 Å². The van der Waals surface area contributed by atoms with Crippen molar-refractivity contribution in [3.8, 4) is 11.1 Å². The van der Waals surface area contributed by atoms with Crippen LogP contribution >= 0.6 is 0 Å². The van der Waals surface area contributed by atoms with E-state index in [0.717, 1.165) is 12.0 Å². The highest BCUT2D eigenvalue weighted by Crippen LogP contribution is 2.44. The lowest BCUT2D eigenvalue weighted by atomic mass is 9.79. The largest absolute Gasteiger partial charge is 0.372 e. The normalized spacial score (nSPS) is 21.6. The van der Waals surface area contributed by atoms with Crippen molar-refractivity contribution in [3.05, 3.63) is 71.3 Å². The van der Waals surface area contributed by atoms with Crippen LogP contribution in [0.4, 0.5) is 17.6 Å². The lowest BCUT2D eigenvalue weighted by Crippen LogP contribution is -2.41. The van der Waals surface area contributed by atoms with Gasteiger partial charge in [0.1, 0.15) is 6.10 Å². The average molecular weight is 406 g/mol. The van der Waals surface area contributed by atoms with E-state index >= 15 is 0 Å². The summed E-state index contributed by atoms with van der Waals surface area (Å²) in [5, 5.41) is 0. The van der Waals surface area contributed by atoms with Gasteiger partial charge < -0.3 is 4.74 Å². The molecule has 0 spiro atoms. The van der Waals surface area contributed by atoms with E-state index < -0.39 is 36.0 Å². The molecule has 2 aromatic rings. The van der Waals surface area contributed by atoms with Crippen molar-refractivity contribution < 1.29 is 22.3 Å². The Morgan fingerprint density at radius 3 is 2.38 bits per heavy atom. The van der Waals surface area contributed by atoms with Crippen LogP contribution in [-0.2, 0) is 11.2 Å². The van der Waals surface area contributed by atoms with Crippen molar-refractivity contribution in [3.63, 3.8) is 0 Å². The minimum absolute atomic E-state index is 0.0191. The van der Waals surface area contributed by atoms with Gasteiger partial charge in [0.15, 0.2) is 11.6 Å². The van der Waals surface area contributed by atoms with Crippen molar-refractivity contribution in [2.75, 3.05) is 6.61 Å². The fourth-order valence-corrected chi connectivity index (χ4v) is 3.97. The predicted molar refractivity (Wildman–Crippen MR) is 107 cm³/mol. The van der Waals surface area contributed by atoms with Crippen LogP contribution in [0.25, 0.3) is 11.1 Å². The Labute approximate surface area is 169 Å². The summed E-state index contributed by atoms with van der Waals surface area (Å²) in [6.45, 7) is 3.81. The second-order valence-electron chi connectivity index (χ2n) is 7.48. The van der Waals surface area contributed by atoms with Gasteiger partial charge in [0.25, 0.3) is 5.92 Å². The van der Waals surface area contributed by atoms with Crippen molar-refractivity contribution in [1.82, 2.24) is 0 Å². The maximum atomic E-state index is 14.8. The number of alkyl halides is 2. The molecule has 2 unspecified atom stereocenters. The third kappa shape index (κ3) is 4.72. The molecule has 0 aliphatic heterocycles. The fourth-order valence-electron chi connectivity index (χ4n) is 3.97. The van der Waals surface area contributed by atoms with Crippen molar-refractivity contribution >= 4 is 0 Å². The van der Waals surface area contributed by atoms with Gasteiger partial charge in [-0.15, -0.1) is 0 Å². The van der Waals surface area contributed by atoms with Crippen LogP contribution in [-0.4, -0.2) is 18.6 Å². The third-order valence-corrected chi connectivity index (χ3v) is 5.54. The van der Waals surface area contributed by atoms with Crippen LogP contribution in [0.15, 0.2) is 48.6 Å². The quantitative estimate of drug-likeness (QED) is 0.369. The van der Waals surface area contributed by atoms with Gasteiger partial charge in [-0.25, -0.2) is 17.6 Å².